The zero-order chi connectivity index (χ0) is 20.5. The van der Waals surface area contributed by atoms with E-state index < -0.39 is 10.0 Å². The molecular weight excluding hydrogens is 402 g/mol. The Labute approximate surface area is 170 Å². The summed E-state index contributed by atoms with van der Waals surface area (Å²) in [4.78, 5) is 11.1. The third-order valence-electron chi connectivity index (χ3n) is 4.49. The first-order valence-electron chi connectivity index (χ1n) is 8.85. The second-order valence-corrected chi connectivity index (χ2v) is 9.56. The number of hydrogen-bond donors (Lipinski definition) is 2. The molecule has 0 spiro atoms. The van der Waals surface area contributed by atoms with Gasteiger partial charge in [0.1, 0.15) is 5.02 Å². The molecule has 2 N–H and O–H groups in total. The molecule has 2 heterocycles. The van der Waals surface area contributed by atoms with Crippen LogP contribution in [0.2, 0.25) is 5.02 Å². The Morgan fingerprint density at radius 2 is 1.96 bits per heavy atom. The van der Waals surface area contributed by atoms with Gasteiger partial charge in [0.25, 0.3) is 0 Å². The molecule has 1 fully saturated rings. The highest BCUT2D eigenvalue weighted by Crippen LogP contribution is 2.31. The van der Waals surface area contributed by atoms with Crippen molar-refractivity contribution in [3.05, 3.63) is 35.5 Å². The second-order valence-electron chi connectivity index (χ2n) is 7.27. The topological polar surface area (TPSA) is 96.5 Å². The van der Waals surface area contributed by atoms with E-state index in [0.717, 1.165) is 0 Å². The third-order valence-corrected chi connectivity index (χ3v) is 6.18. The van der Waals surface area contributed by atoms with E-state index >= 15 is 0 Å². The quantitative estimate of drug-likeness (QED) is 0.760. The van der Waals surface area contributed by atoms with E-state index in [9.17, 15) is 8.42 Å². The Hall–Kier alpha value is -1.94. The second kappa shape index (κ2) is 7.82. The highest BCUT2D eigenvalue weighted by molar-refractivity contribution is 7.89. The Morgan fingerprint density at radius 1 is 1.29 bits per heavy atom. The Bertz CT molecular complexity index is 950. The van der Waals surface area contributed by atoms with Gasteiger partial charge in [-0.05, 0) is 52.1 Å². The van der Waals surface area contributed by atoms with Crippen LogP contribution in [0.15, 0.2) is 35.4 Å². The van der Waals surface area contributed by atoms with Crippen LogP contribution in [-0.4, -0.2) is 50.2 Å². The molecule has 0 bridgehead atoms. The van der Waals surface area contributed by atoms with Gasteiger partial charge in [-0.15, -0.1) is 0 Å². The lowest BCUT2D eigenvalue weighted by atomic mass is 10.1. The fourth-order valence-electron chi connectivity index (χ4n) is 2.92. The maximum Gasteiger partial charge on any atom is 0.240 e. The van der Waals surface area contributed by atoms with E-state index in [4.69, 9.17) is 16.3 Å². The van der Waals surface area contributed by atoms with Crippen LogP contribution in [-0.2, 0) is 14.8 Å². The summed E-state index contributed by atoms with van der Waals surface area (Å²) in [5, 5.41) is 3.55. The smallest absolute Gasteiger partial charge is 0.240 e. The van der Waals surface area contributed by atoms with Gasteiger partial charge in [-0.2, -0.15) is 4.98 Å². The Morgan fingerprint density at radius 3 is 2.61 bits per heavy atom. The van der Waals surface area contributed by atoms with E-state index in [1.54, 1.807) is 18.3 Å². The van der Waals surface area contributed by atoms with Crippen LogP contribution in [0.25, 0.3) is 0 Å². The molecular formula is C18H24ClN5O3S. The first-order chi connectivity index (χ1) is 13.1. The number of halogens is 1. The highest BCUT2D eigenvalue weighted by Gasteiger charge is 2.33. The average molecular weight is 426 g/mol. The van der Waals surface area contributed by atoms with Gasteiger partial charge >= 0.3 is 0 Å². The molecule has 1 aromatic carbocycles. The zero-order valence-corrected chi connectivity index (χ0v) is 17.8. The minimum Gasteiger partial charge on any atom is -0.372 e. The first-order valence-corrected chi connectivity index (χ1v) is 10.7. The predicted molar refractivity (Wildman–Crippen MR) is 110 cm³/mol. The Kier molecular flexibility index (Phi) is 5.81. The van der Waals surface area contributed by atoms with Crippen LogP contribution in [0.5, 0.6) is 0 Å². The molecule has 0 saturated carbocycles. The number of hydrogen-bond acceptors (Lipinski definition) is 7. The maximum atomic E-state index is 11.8. The number of sulfonamides is 1. The average Bonchev–Trinajstić information content (AvgIpc) is 2.66. The number of aromatic nitrogens is 2. The summed E-state index contributed by atoms with van der Waals surface area (Å²) < 4.78 is 31.8. The number of rotatable bonds is 5. The standard InChI is InChI=1S/C18H24ClN5O3S/c1-12-10-27-18(2,3)11-24(12)16-15(19)9-21-17(23-16)22-13-5-7-14(8-6-13)28(25,26)20-4/h5-9,12,20H,10-11H2,1-4H3,(H,21,22,23)/t12-/m0/s1. The summed E-state index contributed by atoms with van der Waals surface area (Å²) in [5.41, 5.74) is 0.363. The zero-order valence-electron chi connectivity index (χ0n) is 16.2. The lowest BCUT2D eigenvalue weighted by molar-refractivity contribution is -0.0423. The van der Waals surface area contributed by atoms with E-state index in [-0.39, 0.29) is 16.5 Å². The molecule has 3 rings (SSSR count). The van der Waals surface area contributed by atoms with Gasteiger partial charge in [0.05, 0.1) is 29.3 Å². The minimum atomic E-state index is -3.48. The van der Waals surface area contributed by atoms with E-state index in [2.05, 4.69) is 31.8 Å². The number of morpholine rings is 1. The summed E-state index contributed by atoms with van der Waals surface area (Å²) in [6.45, 7) is 7.35. The van der Waals surface area contributed by atoms with Crippen molar-refractivity contribution < 1.29 is 13.2 Å². The summed E-state index contributed by atoms with van der Waals surface area (Å²) >= 11 is 6.37. The van der Waals surface area contributed by atoms with Crippen molar-refractivity contribution >= 4 is 39.1 Å². The molecule has 28 heavy (non-hydrogen) atoms. The van der Waals surface area contributed by atoms with Gasteiger partial charge in [0.2, 0.25) is 16.0 Å². The third kappa shape index (κ3) is 4.54. The predicted octanol–water partition coefficient (Wildman–Crippen LogP) is 2.79. The molecule has 10 heteroatoms. The number of nitrogens with zero attached hydrogens (tertiary/aromatic N) is 3. The van der Waals surface area contributed by atoms with Crippen LogP contribution in [0, 0.1) is 0 Å². The van der Waals surface area contributed by atoms with Crippen molar-refractivity contribution in [3.63, 3.8) is 0 Å². The van der Waals surface area contributed by atoms with Crippen LogP contribution < -0.4 is 14.9 Å². The van der Waals surface area contributed by atoms with Crippen molar-refractivity contribution in [1.82, 2.24) is 14.7 Å². The SMILES string of the molecule is CNS(=O)(=O)c1ccc(Nc2ncc(Cl)c(N3CC(C)(C)OC[C@@H]3C)n2)cc1. The van der Waals surface area contributed by atoms with Crippen LogP contribution >= 0.6 is 11.6 Å². The molecule has 1 aromatic heterocycles. The lowest BCUT2D eigenvalue weighted by Gasteiger charge is -2.43. The monoisotopic (exact) mass is 425 g/mol. The lowest BCUT2D eigenvalue weighted by Crippen LogP contribution is -2.53. The fourth-order valence-corrected chi connectivity index (χ4v) is 3.85. The van der Waals surface area contributed by atoms with Gasteiger partial charge in [-0.25, -0.2) is 18.1 Å². The molecule has 0 amide bonds. The van der Waals surface area contributed by atoms with E-state index in [0.29, 0.717) is 35.6 Å². The van der Waals surface area contributed by atoms with Crippen molar-refractivity contribution in [2.75, 3.05) is 30.4 Å². The molecule has 8 nitrogen and oxygen atoms in total. The normalized spacial score (nSPS) is 19.5. The largest absolute Gasteiger partial charge is 0.372 e. The van der Waals surface area contributed by atoms with Gasteiger partial charge in [0, 0.05) is 12.2 Å². The molecule has 1 atom stereocenters. The van der Waals surface area contributed by atoms with Crippen LogP contribution in [0.4, 0.5) is 17.5 Å². The Balaban J connectivity index is 1.84. The molecule has 152 valence electrons. The molecule has 0 unspecified atom stereocenters. The van der Waals surface area contributed by atoms with Crippen molar-refractivity contribution in [1.29, 1.82) is 0 Å². The van der Waals surface area contributed by atoms with Crippen molar-refractivity contribution in [3.8, 4) is 0 Å². The van der Waals surface area contributed by atoms with Gasteiger partial charge < -0.3 is 15.0 Å². The molecule has 1 aliphatic rings. The van der Waals surface area contributed by atoms with Gasteiger partial charge in [-0.1, -0.05) is 11.6 Å². The molecule has 0 aliphatic carbocycles. The highest BCUT2D eigenvalue weighted by atomic mass is 35.5. The number of benzene rings is 1. The van der Waals surface area contributed by atoms with E-state index in [1.165, 1.54) is 19.2 Å². The summed E-state index contributed by atoms with van der Waals surface area (Å²) in [7, 11) is -2.10. The fraction of sp³-hybridized carbons (Fsp3) is 0.444. The molecule has 1 saturated heterocycles. The van der Waals surface area contributed by atoms with Crippen molar-refractivity contribution in [2.24, 2.45) is 0 Å². The summed E-state index contributed by atoms with van der Waals surface area (Å²) in [6.07, 6.45) is 1.56. The molecule has 2 aromatic rings. The summed E-state index contributed by atoms with van der Waals surface area (Å²) in [6, 6.07) is 6.46. The number of ether oxygens (including phenoxy) is 1. The minimum absolute atomic E-state index is 0.124. The number of anilines is 3. The summed E-state index contributed by atoms with van der Waals surface area (Å²) in [5.74, 6) is 1.01. The number of nitrogens with one attached hydrogen (secondary N) is 2. The van der Waals surface area contributed by atoms with Crippen LogP contribution in [0.1, 0.15) is 20.8 Å². The van der Waals surface area contributed by atoms with Crippen molar-refractivity contribution in [2.45, 2.75) is 37.3 Å². The van der Waals surface area contributed by atoms with Crippen LogP contribution in [0.3, 0.4) is 0 Å². The van der Waals surface area contributed by atoms with Gasteiger partial charge in [-0.3, -0.25) is 0 Å². The molecule has 1 aliphatic heterocycles. The molecule has 0 radical (unpaired) electrons. The van der Waals surface area contributed by atoms with E-state index in [1.807, 2.05) is 13.8 Å². The first kappa shape index (κ1) is 20.8. The maximum absolute atomic E-state index is 11.8. The van der Waals surface area contributed by atoms with Gasteiger partial charge in [0.15, 0.2) is 5.82 Å².